The number of nitrogens with zero attached hydrogens (tertiary/aromatic N) is 1. The maximum Gasteiger partial charge on any atom is 0.364 e. The van der Waals surface area contributed by atoms with Crippen LogP contribution in [0.25, 0.3) is 0 Å². The quantitative estimate of drug-likeness (QED) is 0.610. The van der Waals surface area contributed by atoms with E-state index in [1.807, 2.05) is 0 Å². The molecule has 1 aliphatic rings. The van der Waals surface area contributed by atoms with E-state index in [-0.39, 0.29) is 16.7 Å². The largest absolute Gasteiger partial charge is 0.457 e. The average molecular weight is 394 g/mol. The molecule has 0 saturated heterocycles. The van der Waals surface area contributed by atoms with E-state index >= 15 is 0 Å². The lowest BCUT2D eigenvalue weighted by atomic mass is 10.1. The molecule has 138 valence electrons. The fourth-order valence-electron chi connectivity index (χ4n) is 2.71. The number of benzene rings is 3. The zero-order valence-corrected chi connectivity index (χ0v) is 15.1. The van der Waals surface area contributed by atoms with Crippen molar-refractivity contribution in [2.75, 3.05) is 0 Å². The second-order valence-corrected chi connectivity index (χ2v) is 6.35. The van der Waals surface area contributed by atoms with Gasteiger partial charge in [0.15, 0.2) is 0 Å². The molecule has 0 radical (unpaired) electrons. The van der Waals surface area contributed by atoms with Gasteiger partial charge in [-0.05, 0) is 54.6 Å². The van der Waals surface area contributed by atoms with Crippen molar-refractivity contribution in [3.05, 3.63) is 94.5 Å². The molecular weight excluding hydrogens is 382 g/mol. The van der Waals surface area contributed by atoms with Crippen LogP contribution in [0.1, 0.15) is 31.1 Å². The third kappa shape index (κ3) is 3.33. The lowest BCUT2D eigenvalue weighted by molar-refractivity contribution is -0.0584. The van der Waals surface area contributed by atoms with Crippen LogP contribution in [0.2, 0.25) is 5.02 Å². The minimum Gasteiger partial charge on any atom is -0.457 e. The number of imide groups is 1. The lowest BCUT2D eigenvalue weighted by Gasteiger charge is -2.13. The van der Waals surface area contributed by atoms with Crippen molar-refractivity contribution >= 4 is 29.4 Å². The summed E-state index contributed by atoms with van der Waals surface area (Å²) in [6.45, 7) is 0. The highest BCUT2D eigenvalue weighted by Gasteiger charge is 2.38. The number of hydrogen-bond acceptors (Lipinski definition) is 5. The molecule has 0 atom stereocenters. The van der Waals surface area contributed by atoms with Crippen LogP contribution in [0, 0.1) is 0 Å². The standard InChI is InChI=1S/C21H12ClNO5/c22-14-8-10-15(11-9-14)27-16-5-3-4-13(12-16)21(26)28-23-19(24)17-6-1-2-7-18(17)20(23)25/h1-12H. The number of ether oxygens (including phenoxy) is 1. The lowest BCUT2D eigenvalue weighted by Crippen LogP contribution is -2.32. The maximum absolute atomic E-state index is 12.5. The number of carbonyl (C=O) groups excluding carboxylic acids is 3. The van der Waals surface area contributed by atoms with Crippen molar-refractivity contribution in [3.8, 4) is 11.5 Å². The number of carbonyl (C=O) groups is 3. The van der Waals surface area contributed by atoms with Crippen LogP contribution in [0.15, 0.2) is 72.8 Å². The Morgan fingerprint density at radius 1 is 0.786 bits per heavy atom. The van der Waals surface area contributed by atoms with Crippen LogP contribution in [0.3, 0.4) is 0 Å². The SMILES string of the molecule is O=C(ON1C(=O)c2ccccc2C1=O)c1cccc(Oc2ccc(Cl)cc2)c1. The molecule has 0 fully saturated rings. The predicted molar refractivity (Wildman–Crippen MR) is 100 cm³/mol. The minimum atomic E-state index is -0.851. The normalized spacial score (nSPS) is 12.7. The molecule has 3 aromatic carbocycles. The molecule has 0 spiro atoms. The molecule has 0 unspecified atom stereocenters. The van der Waals surface area contributed by atoms with Crippen molar-refractivity contribution in [3.63, 3.8) is 0 Å². The van der Waals surface area contributed by atoms with Gasteiger partial charge in [-0.2, -0.15) is 0 Å². The minimum absolute atomic E-state index is 0.128. The molecule has 0 bridgehead atoms. The molecule has 28 heavy (non-hydrogen) atoms. The first kappa shape index (κ1) is 17.8. The summed E-state index contributed by atoms with van der Waals surface area (Å²) in [7, 11) is 0. The molecule has 4 rings (SSSR count). The second kappa shape index (κ2) is 7.17. The highest BCUT2D eigenvalue weighted by atomic mass is 35.5. The number of amides is 2. The van der Waals surface area contributed by atoms with Gasteiger partial charge in [-0.1, -0.05) is 34.9 Å². The van der Waals surface area contributed by atoms with Gasteiger partial charge in [0.05, 0.1) is 16.7 Å². The third-order valence-electron chi connectivity index (χ3n) is 4.05. The highest BCUT2D eigenvalue weighted by molar-refractivity contribution is 6.30. The first-order chi connectivity index (χ1) is 13.5. The van der Waals surface area contributed by atoms with Crippen molar-refractivity contribution in [1.29, 1.82) is 0 Å². The molecule has 3 aromatic rings. The van der Waals surface area contributed by atoms with Gasteiger partial charge in [-0.3, -0.25) is 9.59 Å². The third-order valence-corrected chi connectivity index (χ3v) is 4.30. The smallest absolute Gasteiger partial charge is 0.364 e. The van der Waals surface area contributed by atoms with Crippen LogP contribution in [0.5, 0.6) is 11.5 Å². The molecular formula is C21H12ClNO5. The van der Waals surface area contributed by atoms with E-state index in [1.165, 1.54) is 24.3 Å². The average Bonchev–Trinajstić information content (AvgIpc) is 2.95. The van der Waals surface area contributed by atoms with Gasteiger partial charge in [-0.25, -0.2) is 4.79 Å². The maximum atomic E-state index is 12.5. The number of hydrogen-bond donors (Lipinski definition) is 0. The zero-order valence-electron chi connectivity index (χ0n) is 14.3. The van der Waals surface area contributed by atoms with E-state index in [4.69, 9.17) is 21.2 Å². The van der Waals surface area contributed by atoms with Crippen molar-refractivity contribution in [2.45, 2.75) is 0 Å². The highest BCUT2D eigenvalue weighted by Crippen LogP contribution is 2.26. The van der Waals surface area contributed by atoms with E-state index in [1.54, 1.807) is 48.5 Å². The fourth-order valence-corrected chi connectivity index (χ4v) is 2.84. The first-order valence-electron chi connectivity index (χ1n) is 8.26. The molecule has 0 saturated carbocycles. The molecule has 7 heteroatoms. The zero-order chi connectivity index (χ0) is 19.7. The van der Waals surface area contributed by atoms with E-state index in [9.17, 15) is 14.4 Å². The van der Waals surface area contributed by atoms with Crippen LogP contribution in [0.4, 0.5) is 0 Å². The molecule has 2 amide bonds. The summed E-state index contributed by atoms with van der Waals surface area (Å²) in [6.07, 6.45) is 0. The molecule has 1 aliphatic heterocycles. The summed E-state index contributed by atoms with van der Waals surface area (Å²) >= 11 is 5.84. The van der Waals surface area contributed by atoms with Crippen molar-refractivity contribution in [1.82, 2.24) is 5.06 Å². The molecule has 0 aromatic heterocycles. The Bertz CT molecular complexity index is 1060. The Hall–Kier alpha value is -3.64. The van der Waals surface area contributed by atoms with E-state index < -0.39 is 17.8 Å². The van der Waals surface area contributed by atoms with Crippen molar-refractivity contribution < 1.29 is 24.0 Å². The van der Waals surface area contributed by atoms with Crippen LogP contribution in [-0.2, 0) is 4.84 Å². The Balaban J connectivity index is 1.51. The number of fused-ring (bicyclic) bond motifs is 1. The van der Waals surface area contributed by atoms with Crippen LogP contribution in [-0.4, -0.2) is 22.8 Å². The van der Waals surface area contributed by atoms with Gasteiger partial charge in [0.1, 0.15) is 11.5 Å². The van der Waals surface area contributed by atoms with Gasteiger partial charge < -0.3 is 9.57 Å². The molecule has 6 nitrogen and oxygen atoms in total. The summed E-state index contributed by atoms with van der Waals surface area (Å²) in [4.78, 5) is 42.1. The Kier molecular flexibility index (Phi) is 4.55. The molecule has 1 heterocycles. The monoisotopic (exact) mass is 393 g/mol. The van der Waals surface area contributed by atoms with E-state index in [0.717, 1.165) is 0 Å². The molecule has 0 N–H and O–H groups in total. The number of rotatable bonds is 4. The topological polar surface area (TPSA) is 72.9 Å². The Morgan fingerprint density at radius 3 is 2.07 bits per heavy atom. The van der Waals surface area contributed by atoms with E-state index in [2.05, 4.69) is 0 Å². The summed E-state index contributed by atoms with van der Waals surface area (Å²) in [5, 5.41) is 1.05. The fraction of sp³-hybridized carbons (Fsp3) is 0. The molecule has 0 aliphatic carbocycles. The van der Waals surface area contributed by atoms with E-state index in [0.29, 0.717) is 21.6 Å². The van der Waals surface area contributed by atoms with Gasteiger partial charge in [0, 0.05) is 5.02 Å². The number of halogens is 1. The van der Waals surface area contributed by atoms with Gasteiger partial charge in [-0.15, -0.1) is 0 Å². The first-order valence-corrected chi connectivity index (χ1v) is 8.64. The Morgan fingerprint density at radius 2 is 1.43 bits per heavy atom. The Labute approximate surface area is 164 Å². The van der Waals surface area contributed by atoms with Crippen LogP contribution < -0.4 is 4.74 Å². The summed E-state index contributed by atoms with van der Waals surface area (Å²) < 4.78 is 5.67. The second-order valence-electron chi connectivity index (χ2n) is 5.91. The van der Waals surface area contributed by atoms with Gasteiger partial charge in [0.25, 0.3) is 11.8 Å². The summed E-state index contributed by atoms with van der Waals surface area (Å²) in [5.74, 6) is -1.28. The summed E-state index contributed by atoms with van der Waals surface area (Å²) in [5.41, 5.74) is 0.517. The number of hydroxylamine groups is 2. The summed E-state index contributed by atoms with van der Waals surface area (Å²) in [6, 6.07) is 19.2. The van der Waals surface area contributed by atoms with Gasteiger partial charge in [0.2, 0.25) is 0 Å². The van der Waals surface area contributed by atoms with Crippen LogP contribution >= 0.6 is 11.6 Å². The van der Waals surface area contributed by atoms with Gasteiger partial charge >= 0.3 is 5.97 Å². The predicted octanol–water partition coefficient (Wildman–Crippen LogP) is 4.50. The van der Waals surface area contributed by atoms with Crippen molar-refractivity contribution in [2.24, 2.45) is 0 Å².